The minimum absolute atomic E-state index is 0.00955. The van der Waals surface area contributed by atoms with Crippen molar-refractivity contribution in [3.05, 3.63) is 65.2 Å². The Bertz CT molecular complexity index is 1320. The van der Waals surface area contributed by atoms with Crippen molar-refractivity contribution >= 4 is 28.3 Å². The maximum absolute atomic E-state index is 13.4. The highest BCUT2D eigenvalue weighted by Crippen LogP contribution is 2.46. The highest BCUT2D eigenvalue weighted by Gasteiger charge is 2.39. The molecule has 190 valence electrons. The van der Waals surface area contributed by atoms with Crippen LogP contribution >= 0.6 is 0 Å². The van der Waals surface area contributed by atoms with Gasteiger partial charge < -0.3 is 19.5 Å². The van der Waals surface area contributed by atoms with E-state index in [0.717, 1.165) is 4.90 Å². The van der Waals surface area contributed by atoms with Crippen LogP contribution in [-0.2, 0) is 17.8 Å². The molecule has 0 saturated heterocycles. The van der Waals surface area contributed by atoms with E-state index in [4.69, 9.17) is 14.6 Å². The average molecular weight is 513 g/mol. The number of carbonyl (C=O) groups is 2. The first-order valence-corrected chi connectivity index (χ1v) is 10.4. The molecular formula is C24H17F6NO5. The summed E-state index contributed by atoms with van der Waals surface area (Å²) in [4.78, 5) is 25.5. The van der Waals surface area contributed by atoms with Gasteiger partial charge in [-0.1, -0.05) is 36.4 Å². The minimum atomic E-state index is -4.74. The fraction of sp³-hybridized carbons (Fsp3) is 0.250. The van der Waals surface area contributed by atoms with Crippen molar-refractivity contribution in [3.63, 3.8) is 0 Å². The molecule has 1 aliphatic rings. The number of halogens is 6. The number of hydrogen-bond donors (Lipinski definition) is 1. The highest BCUT2D eigenvalue weighted by molar-refractivity contribution is 6.16. The highest BCUT2D eigenvalue weighted by atomic mass is 19.4. The molecule has 6 nitrogen and oxygen atoms in total. The number of alkyl halides is 6. The van der Waals surface area contributed by atoms with Crippen LogP contribution in [0.2, 0.25) is 0 Å². The molecule has 0 spiro atoms. The van der Waals surface area contributed by atoms with Gasteiger partial charge in [-0.05, 0) is 17.7 Å². The first-order valence-electron chi connectivity index (χ1n) is 10.4. The van der Waals surface area contributed by atoms with Gasteiger partial charge >= 0.3 is 18.3 Å². The summed E-state index contributed by atoms with van der Waals surface area (Å²) in [5.41, 5.74) is 0.321. The summed E-state index contributed by atoms with van der Waals surface area (Å²) < 4.78 is 88.0. The molecule has 3 aromatic carbocycles. The molecule has 1 N–H and O–H groups in total. The summed E-state index contributed by atoms with van der Waals surface area (Å²) in [6, 6.07) is 11.4. The Hall–Kier alpha value is -3.96. The number of amides is 1. The summed E-state index contributed by atoms with van der Waals surface area (Å²) in [5.74, 6) is -2.56. The number of rotatable bonds is 7. The van der Waals surface area contributed by atoms with Gasteiger partial charge in [0.05, 0.1) is 18.5 Å². The lowest BCUT2D eigenvalue weighted by Crippen LogP contribution is -2.24. The second kappa shape index (κ2) is 9.25. The molecule has 1 heterocycles. The SMILES string of the molecule is O=C(O)Cc1ccc(N2Cc3c(c(OCC(F)(F)F)c4ccccc4c3OCC(F)(F)F)C2=O)cc1. The Balaban J connectivity index is 1.84. The van der Waals surface area contributed by atoms with E-state index in [9.17, 15) is 35.9 Å². The molecule has 0 aliphatic carbocycles. The lowest BCUT2D eigenvalue weighted by Gasteiger charge is -2.19. The topological polar surface area (TPSA) is 76.1 Å². The number of ether oxygens (including phenoxy) is 2. The third-order valence-corrected chi connectivity index (χ3v) is 5.36. The Morgan fingerprint density at radius 2 is 1.39 bits per heavy atom. The van der Waals surface area contributed by atoms with Gasteiger partial charge in [0.25, 0.3) is 5.91 Å². The molecule has 0 saturated carbocycles. The number of nitrogens with zero attached hydrogens (tertiary/aromatic N) is 1. The summed E-state index contributed by atoms with van der Waals surface area (Å²) >= 11 is 0. The molecular weight excluding hydrogens is 496 g/mol. The summed E-state index contributed by atoms with van der Waals surface area (Å²) in [6.45, 7) is -3.69. The number of carboxylic acids is 1. The average Bonchev–Trinajstić information content (AvgIpc) is 3.12. The molecule has 0 radical (unpaired) electrons. The normalized spacial score (nSPS) is 13.7. The molecule has 1 amide bonds. The molecule has 12 heteroatoms. The van der Waals surface area contributed by atoms with E-state index < -0.39 is 43.2 Å². The fourth-order valence-electron chi connectivity index (χ4n) is 3.97. The summed E-state index contributed by atoms with van der Waals surface area (Å²) in [5, 5.41) is 8.97. The predicted molar refractivity (Wildman–Crippen MR) is 115 cm³/mol. The van der Waals surface area contributed by atoms with Gasteiger partial charge in [0.1, 0.15) is 11.5 Å². The molecule has 0 unspecified atom stereocenters. The lowest BCUT2D eigenvalue weighted by atomic mass is 9.99. The van der Waals surface area contributed by atoms with E-state index in [1.165, 1.54) is 48.5 Å². The molecule has 0 fully saturated rings. The first kappa shape index (κ1) is 25.1. The van der Waals surface area contributed by atoms with E-state index in [0.29, 0.717) is 5.56 Å². The van der Waals surface area contributed by atoms with Crippen molar-refractivity contribution in [3.8, 4) is 11.5 Å². The van der Waals surface area contributed by atoms with E-state index in [-0.39, 0.29) is 46.3 Å². The Morgan fingerprint density at radius 1 is 0.861 bits per heavy atom. The Kier molecular flexibility index (Phi) is 6.46. The summed E-state index contributed by atoms with van der Waals surface area (Å²) in [6.07, 6.45) is -9.72. The van der Waals surface area contributed by atoms with Crippen LogP contribution in [0.3, 0.4) is 0 Å². The molecule has 0 bridgehead atoms. The number of hydrogen-bond acceptors (Lipinski definition) is 4. The second-order valence-corrected chi connectivity index (χ2v) is 7.99. The van der Waals surface area contributed by atoms with Gasteiger partial charge in [-0.2, -0.15) is 26.3 Å². The lowest BCUT2D eigenvalue weighted by molar-refractivity contribution is -0.154. The van der Waals surface area contributed by atoms with Crippen LogP contribution in [0.1, 0.15) is 21.5 Å². The van der Waals surface area contributed by atoms with Crippen LogP contribution in [0.4, 0.5) is 32.0 Å². The third kappa shape index (κ3) is 5.31. The minimum Gasteiger partial charge on any atom is -0.483 e. The Morgan fingerprint density at radius 3 is 1.92 bits per heavy atom. The van der Waals surface area contributed by atoms with Gasteiger partial charge in [0.15, 0.2) is 13.2 Å². The summed E-state index contributed by atoms with van der Waals surface area (Å²) in [7, 11) is 0. The van der Waals surface area contributed by atoms with Crippen LogP contribution in [0, 0.1) is 0 Å². The monoisotopic (exact) mass is 513 g/mol. The molecule has 1 aliphatic heterocycles. The first-order chi connectivity index (χ1) is 16.8. The van der Waals surface area contributed by atoms with Crippen LogP contribution in [0.5, 0.6) is 11.5 Å². The zero-order valence-electron chi connectivity index (χ0n) is 18.2. The maximum atomic E-state index is 13.4. The van der Waals surface area contributed by atoms with E-state index >= 15 is 0 Å². The number of aliphatic carboxylic acids is 1. The van der Waals surface area contributed by atoms with Crippen LogP contribution in [-0.4, -0.2) is 42.5 Å². The van der Waals surface area contributed by atoms with Gasteiger partial charge in [-0.15, -0.1) is 0 Å². The van der Waals surface area contributed by atoms with Gasteiger partial charge in [0.2, 0.25) is 0 Å². The zero-order valence-corrected chi connectivity index (χ0v) is 18.2. The van der Waals surface area contributed by atoms with Crippen molar-refractivity contribution in [1.29, 1.82) is 0 Å². The van der Waals surface area contributed by atoms with E-state index in [1.54, 1.807) is 0 Å². The molecule has 36 heavy (non-hydrogen) atoms. The molecule has 0 atom stereocenters. The van der Waals surface area contributed by atoms with Crippen molar-refractivity contribution in [2.75, 3.05) is 18.1 Å². The third-order valence-electron chi connectivity index (χ3n) is 5.36. The van der Waals surface area contributed by atoms with Crippen LogP contribution in [0.25, 0.3) is 10.8 Å². The van der Waals surface area contributed by atoms with E-state index in [2.05, 4.69) is 0 Å². The second-order valence-electron chi connectivity index (χ2n) is 7.99. The smallest absolute Gasteiger partial charge is 0.422 e. The van der Waals surface area contributed by atoms with Crippen molar-refractivity contribution in [2.45, 2.75) is 25.3 Å². The molecule has 0 aromatic heterocycles. The maximum Gasteiger partial charge on any atom is 0.422 e. The Labute approximate surface area is 199 Å². The van der Waals surface area contributed by atoms with Crippen LogP contribution in [0.15, 0.2) is 48.5 Å². The number of fused-ring (bicyclic) bond motifs is 2. The number of carboxylic acid groups (broad SMARTS) is 1. The number of benzene rings is 3. The van der Waals surface area contributed by atoms with Crippen LogP contribution < -0.4 is 14.4 Å². The van der Waals surface area contributed by atoms with Crippen molar-refractivity contribution < 1.29 is 50.5 Å². The largest absolute Gasteiger partial charge is 0.483 e. The van der Waals surface area contributed by atoms with E-state index in [1.807, 2.05) is 0 Å². The molecule has 4 rings (SSSR count). The zero-order chi connectivity index (χ0) is 26.3. The number of anilines is 1. The fourth-order valence-corrected chi connectivity index (χ4v) is 3.97. The van der Waals surface area contributed by atoms with Crippen molar-refractivity contribution in [2.24, 2.45) is 0 Å². The number of carbonyl (C=O) groups excluding carboxylic acids is 1. The standard InChI is InChI=1S/C24H17F6NO5/c25-23(26,27)11-35-20-15-3-1-2-4-16(15)21(36-12-24(28,29)30)19-17(20)10-31(22(19)34)14-7-5-13(6-8-14)9-18(32)33/h1-8H,9-12H2,(H,32,33). The van der Waals surface area contributed by atoms with Crippen molar-refractivity contribution in [1.82, 2.24) is 0 Å². The molecule has 3 aromatic rings. The van der Waals surface area contributed by atoms with Gasteiger partial charge in [-0.3, -0.25) is 9.59 Å². The quantitative estimate of drug-likeness (QED) is 0.422. The van der Waals surface area contributed by atoms with Gasteiger partial charge in [-0.25, -0.2) is 0 Å². The van der Waals surface area contributed by atoms with Gasteiger partial charge in [0, 0.05) is 22.0 Å². The predicted octanol–water partition coefficient (Wildman–Crippen LogP) is 5.51.